The molecule has 164 valence electrons. The Morgan fingerprint density at radius 2 is 1.69 bits per heavy atom. The molecule has 4 aromatic rings. The van der Waals surface area contributed by atoms with E-state index in [1.165, 1.54) is 11.3 Å². The number of thioether (sulfide) groups is 1. The van der Waals surface area contributed by atoms with Gasteiger partial charge in [0, 0.05) is 55.1 Å². The number of aromatic nitrogens is 4. The molecule has 3 heterocycles. The highest BCUT2D eigenvalue weighted by molar-refractivity contribution is 7.98. The zero-order valence-electron chi connectivity index (χ0n) is 18.4. The molecule has 1 fully saturated rings. The van der Waals surface area contributed by atoms with Crippen molar-refractivity contribution in [3.05, 3.63) is 71.9 Å². The lowest BCUT2D eigenvalue weighted by atomic mass is 10.2. The van der Waals surface area contributed by atoms with Crippen molar-refractivity contribution in [2.45, 2.75) is 17.8 Å². The normalized spacial score (nSPS) is 14.8. The number of fused-ring (bicyclic) bond motifs is 1. The number of piperazine rings is 1. The van der Waals surface area contributed by atoms with Crippen molar-refractivity contribution < 1.29 is 0 Å². The van der Waals surface area contributed by atoms with Gasteiger partial charge in [0.25, 0.3) is 5.78 Å². The van der Waals surface area contributed by atoms with E-state index in [0.29, 0.717) is 5.78 Å². The Labute approximate surface area is 192 Å². The zero-order chi connectivity index (χ0) is 21.9. The Kier molecular flexibility index (Phi) is 5.96. The van der Waals surface area contributed by atoms with Gasteiger partial charge in [0.2, 0.25) is 5.16 Å². The third kappa shape index (κ3) is 4.71. The molecular weight excluding hydrogens is 418 g/mol. The van der Waals surface area contributed by atoms with Crippen LogP contribution in [0, 0.1) is 6.92 Å². The summed E-state index contributed by atoms with van der Waals surface area (Å²) in [5, 5.41) is 8.91. The fourth-order valence-electron chi connectivity index (χ4n) is 3.81. The van der Waals surface area contributed by atoms with Crippen molar-refractivity contribution in [1.82, 2.24) is 24.5 Å². The van der Waals surface area contributed by atoms with Crippen molar-refractivity contribution in [3.63, 3.8) is 0 Å². The molecule has 0 unspecified atom stereocenters. The first-order chi connectivity index (χ1) is 15.6. The van der Waals surface area contributed by atoms with Crippen molar-refractivity contribution in [1.29, 1.82) is 0 Å². The van der Waals surface area contributed by atoms with Crippen molar-refractivity contribution in [3.8, 4) is 0 Å². The number of hydrogen-bond acceptors (Lipinski definition) is 7. The number of hydrogen-bond donors (Lipinski definition) is 1. The van der Waals surface area contributed by atoms with Gasteiger partial charge in [-0.25, -0.2) is 4.98 Å². The Morgan fingerprint density at radius 1 is 0.938 bits per heavy atom. The molecule has 1 N–H and O–H groups in total. The van der Waals surface area contributed by atoms with Gasteiger partial charge >= 0.3 is 0 Å². The van der Waals surface area contributed by atoms with Crippen LogP contribution in [0.4, 0.5) is 17.2 Å². The maximum Gasteiger partial charge on any atom is 0.255 e. The highest BCUT2D eigenvalue weighted by atomic mass is 32.2. The minimum Gasteiger partial charge on any atom is -0.369 e. The molecule has 8 heteroatoms. The summed E-state index contributed by atoms with van der Waals surface area (Å²) < 4.78 is 1.79. The number of anilines is 3. The summed E-state index contributed by atoms with van der Waals surface area (Å²) >= 11 is 1.62. The maximum atomic E-state index is 4.69. The Bertz CT molecular complexity index is 1180. The first-order valence-corrected chi connectivity index (χ1v) is 11.8. The molecule has 0 saturated carbocycles. The van der Waals surface area contributed by atoms with Gasteiger partial charge in [0.15, 0.2) is 0 Å². The van der Waals surface area contributed by atoms with E-state index >= 15 is 0 Å². The van der Waals surface area contributed by atoms with E-state index in [4.69, 9.17) is 5.10 Å². The van der Waals surface area contributed by atoms with Gasteiger partial charge in [-0.2, -0.15) is 9.50 Å². The van der Waals surface area contributed by atoms with Crippen LogP contribution in [0.1, 0.15) is 11.3 Å². The third-order valence-electron chi connectivity index (χ3n) is 5.64. The lowest BCUT2D eigenvalue weighted by Gasteiger charge is -2.34. The molecule has 7 nitrogen and oxygen atoms in total. The van der Waals surface area contributed by atoms with Gasteiger partial charge < -0.3 is 15.1 Å². The standard InChI is InChI=1S/C24H27N7S/c1-18-16-22(26-20-8-10-21(11-9-20)30-14-12-29(2)13-15-30)31-23(25-18)27-24(28-31)32-17-19-6-4-3-5-7-19/h3-11,16,26H,12-15,17H2,1-2H3. The Balaban J connectivity index is 1.32. The topological polar surface area (TPSA) is 61.6 Å². The highest BCUT2D eigenvalue weighted by Gasteiger charge is 2.15. The number of nitrogens with one attached hydrogen (secondary N) is 1. The number of nitrogens with zero attached hydrogens (tertiary/aromatic N) is 6. The first-order valence-electron chi connectivity index (χ1n) is 10.9. The number of benzene rings is 2. The summed E-state index contributed by atoms with van der Waals surface area (Å²) in [5.41, 5.74) is 4.43. The predicted molar refractivity (Wildman–Crippen MR) is 131 cm³/mol. The van der Waals surface area contributed by atoms with Gasteiger partial charge in [-0.05, 0) is 43.8 Å². The van der Waals surface area contributed by atoms with Crippen LogP contribution in [-0.2, 0) is 5.75 Å². The average molecular weight is 446 g/mol. The molecule has 1 aliphatic heterocycles. The summed E-state index contributed by atoms with van der Waals surface area (Å²) in [7, 11) is 2.18. The molecule has 1 aliphatic rings. The molecule has 32 heavy (non-hydrogen) atoms. The molecule has 2 aromatic heterocycles. The van der Waals surface area contributed by atoms with E-state index < -0.39 is 0 Å². The molecule has 0 amide bonds. The van der Waals surface area contributed by atoms with E-state index in [2.05, 4.69) is 80.7 Å². The maximum absolute atomic E-state index is 4.69. The van der Waals surface area contributed by atoms with Gasteiger partial charge in [-0.1, -0.05) is 42.1 Å². The monoisotopic (exact) mass is 445 g/mol. The molecule has 2 aromatic carbocycles. The van der Waals surface area contributed by atoms with E-state index in [-0.39, 0.29) is 0 Å². The quantitative estimate of drug-likeness (QED) is 0.446. The molecule has 0 spiro atoms. The van der Waals surface area contributed by atoms with E-state index in [1.807, 2.05) is 19.1 Å². The predicted octanol–water partition coefficient (Wildman–Crippen LogP) is 4.22. The number of aryl methyl sites for hydroxylation is 1. The van der Waals surface area contributed by atoms with Crippen LogP contribution < -0.4 is 10.2 Å². The summed E-state index contributed by atoms with van der Waals surface area (Å²) in [6.45, 7) is 6.31. The van der Waals surface area contributed by atoms with Crippen molar-refractivity contribution >= 4 is 34.7 Å². The third-order valence-corrected chi connectivity index (χ3v) is 6.55. The zero-order valence-corrected chi connectivity index (χ0v) is 19.2. The summed E-state index contributed by atoms with van der Waals surface area (Å²) in [5.74, 6) is 2.30. The fraction of sp³-hybridized carbons (Fsp3) is 0.292. The summed E-state index contributed by atoms with van der Waals surface area (Å²) in [4.78, 5) is 14.0. The molecule has 0 atom stereocenters. The van der Waals surface area contributed by atoms with Crippen LogP contribution in [-0.4, -0.2) is 57.7 Å². The fourth-order valence-corrected chi connectivity index (χ4v) is 4.58. The number of likely N-dealkylation sites (N-methyl/N-ethyl adjacent to an activating group) is 1. The van der Waals surface area contributed by atoms with Crippen molar-refractivity contribution in [2.75, 3.05) is 43.4 Å². The Hall–Kier alpha value is -3.10. The minimum atomic E-state index is 0.608. The number of rotatable bonds is 6. The van der Waals surface area contributed by atoms with Gasteiger partial charge in [0.05, 0.1) is 0 Å². The van der Waals surface area contributed by atoms with Gasteiger partial charge in [-0.3, -0.25) is 0 Å². The van der Waals surface area contributed by atoms with E-state index in [1.54, 1.807) is 16.3 Å². The highest BCUT2D eigenvalue weighted by Crippen LogP contribution is 2.25. The molecule has 0 aliphatic carbocycles. The second-order valence-corrected chi connectivity index (χ2v) is 9.07. The van der Waals surface area contributed by atoms with Crippen LogP contribution in [0.15, 0.2) is 65.8 Å². The first kappa shape index (κ1) is 20.8. The van der Waals surface area contributed by atoms with Crippen LogP contribution >= 0.6 is 11.8 Å². The van der Waals surface area contributed by atoms with E-state index in [0.717, 1.165) is 54.3 Å². The SMILES string of the molecule is Cc1cc(Nc2ccc(N3CCN(C)CC3)cc2)n2nc(SCc3ccccc3)nc2n1. The van der Waals surface area contributed by atoms with Crippen LogP contribution in [0.25, 0.3) is 5.78 Å². The minimum absolute atomic E-state index is 0.608. The Morgan fingerprint density at radius 3 is 2.44 bits per heavy atom. The summed E-state index contributed by atoms with van der Waals surface area (Å²) in [6, 6.07) is 21.0. The summed E-state index contributed by atoms with van der Waals surface area (Å²) in [6.07, 6.45) is 0. The molecule has 0 bridgehead atoms. The van der Waals surface area contributed by atoms with Crippen LogP contribution in [0.2, 0.25) is 0 Å². The lowest BCUT2D eigenvalue weighted by Crippen LogP contribution is -2.44. The molecule has 0 radical (unpaired) electrons. The largest absolute Gasteiger partial charge is 0.369 e. The van der Waals surface area contributed by atoms with E-state index in [9.17, 15) is 0 Å². The second-order valence-electron chi connectivity index (χ2n) is 8.13. The molecule has 5 rings (SSSR count). The average Bonchev–Trinajstić information content (AvgIpc) is 3.22. The molecular formula is C24H27N7S. The van der Waals surface area contributed by atoms with Crippen LogP contribution in [0.5, 0.6) is 0 Å². The van der Waals surface area contributed by atoms with Crippen molar-refractivity contribution in [2.24, 2.45) is 0 Å². The second kappa shape index (κ2) is 9.18. The van der Waals surface area contributed by atoms with Gasteiger partial charge in [-0.15, -0.1) is 5.10 Å². The molecule has 1 saturated heterocycles. The lowest BCUT2D eigenvalue weighted by molar-refractivity contribution is 0.313. The smallest absolute Gasteiger partial charge is 0.255 e. The van der Waals surface area contributed by atoms with Gasteiger partial charge in [0.1, 0.15) is 5.82 Å². The van der Waals surface area contributed by atoms with Crippen LogP contribution in [0.3, 0.4) is 0 Å².